The van der Waals surface area contributed by atoms with Gasteiger partial charge in [0.25, 0.3) is 0 Å². The van der Waals surface area contributed by atoms with Crippen molar-refractivity contribution in [1.82, 2.24) is 0 Å². The molecule has 3 heteroatoms. The first-order valence-electron chi connectivity index (χ1n) is 12.1. The van der Waals surface area contributed by atoms with Gasteiger partial charge in [-0.15, -0.1) is 0 Å². The molecular formula is C24H48O3. The van der Waals surface area contributed by atoms with Gasteiger partial charge in [0.15, 0.2) is 0 Å². The van der Waals surface area contributed by atoms with Crippen molar-refractivity contribution in [1.29, 1.82) is 0 Å². The highest BCUT2D eigenvalue weighted by molar-refractivity contribution is 5.68. The lowest BCUT2D eigenvalue weighted by molar-refractivity contribution is -0.272. The van der Waals surface area contributed by atoms with Crippen LogP contribution < -0.4 is 0 Å². The fraction of sp³-hybridized carbons (Fsp3) is 0.958. The van der Waals surface area contributed by atoms with Gasteiger partial charge in [-0.2, -0.15) is 4.89 Å². The van der Waals surface area contributed by atoms with Crippen molar-refractivity contribution in [2.45, 2.75) is 142 Å². The summed E-state index contributed by atoms with van der Waals surface area (Å²) in [5, 5.41) is 0. The highest BCUT2D eigenvalue weighted by atomic mass is 17.2. The summed E-state index contributed by atoms with van der Waals surface area (Å²) in [6.45, 7) is 5.05. The Hall–Kier alpha value is -0.570. The van der Waals surface area contributed by atoms with E-state index in [4.69, 9.17) is 9.78 Å². The van der Waals surface area contributed by atoms with E-state index in [1.165, 1.54) is 103 Å². The number of rotatable bonds is 22. The van der Waals surface area contributed by atoms with Crippen molar-refractivity contribution in [2.75, 3.05) is 6.61 Å². The van der Waals surface area contributed by atoms with Gasteiger partial charge in [0, 0.05) is 6.42 Å². The molecule has 0 aromatic heterocycles. The minimum absolute atomic E-state index is 0.204. The summed E-state index contributed by atoms with van der Waals surface area (Å²) < 4.78 is 0. The monoisotopic (exact) mass is 384 g/mol. The van der Waals surface area contributed by atoms with E-state index in [0.717, 1.165) is 19.3 Å². The lowest BCUT2D eigenvalue weighted by Crippen LogP contribution is -2.06. The van der Waals surface area contributed by atoms with E-state index in [0.29, 0.717) is 13.0 Å². The molecule has 162 valence electrons. The molecule has 27 heavy (non-hydrogen) atoms. The van der Waals surface area contributed by atoms with Crippen LogP contribution in [0.3, 0.4) is 0 Å². The average Bonchev–Trinajstić information content (AvgIpc) is 2.67. The third-order valence-corrected chi connectivity index (χ3v) is 5.22. The topological polar surface area (TPSA) is 35.5 Å². The minimum Gasteiger partial charge on any atom is -0.298 e. The molecule has 0 spiro atoms. The minimum atomic E-state index is -0.204. The highest BCUT2D eigenvalue weighted by Crippen LogP contribution is 2.12. The molecule has 0 fully saturated rings. The first kappa shape index (κ1) is 26.4. The molecule has 0 unspecified atom stereocenters. The molecule has 3 nitrogen and oxygen atoms in total. The SMILES string of the molecule is CCCCCCCCCCCCOOC(=O)CCCCCCCCCCC. The number of carbonyl (C=O) groups is 1. The third kappa shape index (κ3) is 23.4. The van der Waals surface area contributed by atoms with Crippen molar-refractivity contribution in [3.63, 3.8) is 0 Å². The van der Waals surface area contributed by atoms with E-state index >= 15 is 0 Å². The van der Waals surface area contributed by atoms with Crippen molar-refractivity contribution >= 4 is 5.97 Å². The Balaban J connectivity index is 3.13. The first-order valence-corrected chi connectivity index (χ1v) is 12.1. The van der Waals surface area contributed by atoms with E-state index in [2.05, 4.69) is 13.8 Å². The summed E-state index contributed by atoms with van der Waals surface area (Å²) in [6.07, 6.45) is 24.8. The van der Waals surface area contributed by atoms with Gasteiger partial charge < -0.3 is 0 Å². The molecule has 0 saturated carbocycles. The Labute approximate surface area is 169 Å². The smallest absolute Gasteiger partial charge is 0.298 e. The lowest BCUT2D eigenvalue weighted by atomic mass is 10.1. The Kier molecular flexibility index (Phi) is 23.0. The van der Waals surface area contributed by atoms with E-state index < -0.39 is 0 Å². The number of carbonyl (C=O) groups excluding carboxylic acids is 1. The second-order valence-electron chi connectivity index (χ2n) is 8.04. The van der Waals surface area contributed by atoms with Crippen LogP contribution in [0.4, 0.5) is 0 Å². The summed E-state index contributed by atoms with van der Waals surface area (Å²) in [5.41, 5.74) is 0. The second kappa shape index (κ2) is 23.5. The molecule has 0 amide bonds. The number of hydrogen-bond acceptors (Lipinski definition) is 3. The van der Waals surface area contributed by atoms with Crippen LogP contribution in [0.25, 0.3) is 0 Å². The van der Waals surface area contributed by atoms with Crippen LogP contribution in [0.5, 0.6) is 0 Å². The van der Waals surface area contributed by atoms with Gasteiger partial charge in [-0.25, -0.2) is 4.79 Å². The number of hydrogen-bond donors (Lipinski definition) is 0. The van der Waals surface area contributed by atoms with Crippen LogP contribution in [0.2, 0.25) is 0 Å². The highest BCUT2D eigenvalue weighted by Gasteiger charge is 2.03. The molecule has 0 bridgehead atoms. The molecule has 0 heterocycles. The average molecular weight is 385 g/mol. The maximum absolute atomic E-state index is 11.6. The predicted octanol–water partition coefficient (Wildman–Crippen LogP) is 8.30. The van der Waals surface area contributed by atoms with Gasteiger partial charge in [0.2, 0.25) is 0 Å². The van der Waals surface area contributed by atoms with Gasteiger partial charge in [-0.1, -0.05) is 123 Å². The van der Waals surface area contributed by atoms with E-state index in [1.54, 1.807) is 0 Å². The fourth-order valence-electron chi connectivity index (χ4n) is 3.38. The predicted molar refractivity (Wildman–Crippen MR) is 116 cm³/mol. The first-order chi connectivity index (χ1) is 13.3. The molecule has 0 aromatic rings. The zero-order valence-electron chi connectivity index (χ0n) is 18.6. The van der Waals surface area contributed by atoms with Crippen LogP contribution in [0.15, 0.2) is 0 Å². The summed E-state index contributed by atoms with van der Waals surface area (Å²) >= 11 is 0. The van der Waals surface area contributed by atoms with Gasteiger partial charge in [-0.3, -0.25) is 4.89 Å². The Morgan fingerprint density at radius 1 is 0.519 bits per heavy atom. The largest absolute Gasteiger partial charge is 0.342 e. The van der Waals surface area contributed by atoms with Crippen LogP contribution >= 0.6 is 0 Å². The normalized spacial score (nSPS) is 11.0. The zero-order valence-corrected chi connectivity index (χ0v) is 18.6. The molecule has 0 aliphatic rings. The van der Waals surface area contributed by atoms with Crippen LogP contribution in [0.1, 0.15) is 142 Å². The van der Waals surface area contributed by atoms with Crippen molar-refractivity contribution in [3.05, 3.63) is 0 Å². The summed E-state index contributed by atoms with van der Waals surface area (Å²) in [6, 6.07) is 0. The van der Waals surface area contributed by atoms with Crippen molar-refractivity contribution < 1.29 is 14.6 Å². The standard InChI is InChI=1S/C24H48O3/c1-3-5-7-9-11-13-15-17-19-21-23-26-27-24(25)22-20-18-16-14-12-10-8-6-4-2/h3-23H2,1-2H3. The van der Waals surface area contributed by atoms with Gasteiger partial charge in [0.1, 0.15) is 0 Å². The fourth-order valence-corrected chi connectivity index (χ4v) is 3.38. The third-order valence-electron chi connectivity index (χ3n) is 5.22. The zero-order chi connectivity index (χ0) is 19.8. The molecule has 0 N–H and O–H groups in total. The summed E-state index contributed by atoms with van der Waals surface area (Å²) in [7, 11) is 0. The van der Waals surface area contributed by atoms with Gasteiger partial charge in [-0.05, 0) is 12.8 Å². The van der Waals surface area contributed by atoms with Crippen molar-refractivity contribution in [3.8, 4) is 0 Å². The van der Waals surface area contributed by atoms with Gasteiger partial charge in [0.05, 0.1) is 6.61 Å². The molecule has 0 aromatic carbocycles. The summed E-state index contributed by atoms with van der Waals surface area (Å²) in [4.78, 5) is 21.5. The molecule has 0 atom stereocenters. The molecular weight excluding hydrogens is 336 g/mol. The van der Waals surface area contributed by atoms with E-state index in [9.17, 15) is 4.79 Å². The summed E-state index contributed by atoms with van der Waals surface area (Å²) in [5.74, 6) is -0.204. The maximum Gasteiger partial charge on any atom is 0.342 e. The van der Waals surface area contributed by atoms with Crippen LogP contribution in [0, 0.1) is 0 Å². The number of unbranched alkanes of at least 4 members (excludes halogenated alkanes) is 17. The molecule has 0 radical (unpaired) electrons. The molecule has 0 aliphatic heterocycles. The molecule has 0 saturated heterocycles. The quantitative estimate of drug-likeness (QED) is 0.107. The second-order valence-corrected chi connectivity index (χ2v) is 8.04. The Morgan fingerprint density at radius 3 is 1.33 bits per heavy atom. The maximum atomic E-state index is 11.6. The van der Waals surface area contributed by atoms with E-state index in [1.807, 2.05) is 0 Å². The van der Waals surface area contributed by atoms with Gasteiger partial charge >= 0.3 is 5.97 Å². The van der Waals surface area contributed by atoms with Crippen LogP contribution in [-0.4, -0.2) is 12.6 Å². The lowest BCUT2D eigenvalue weighted by Gasteiger charge is -2.05. The Morgan fingerprint density at radius 2 is 0.889 bits per heavy atom. The molecule has 0 rings (SSSR count). The molecule has 0 aliphatic carbocycles. The Bertz CT molecular complexity index is 291. The van der Waals surface area contributed by atoms with Crippen molar-refractivity contribution in [2.24, 2.45) is 0 Å². The van der Waals surface area contributed by atoms with E-state index in [-0.39, 0.29) is 5.97 Å². The van der Waals surface area contributed by atoms with Crippen LogP contribution in [-0.2, 0) is 14.6 Å².